The van der Waals surface area contributed by atoms with E-state index in [4.69, 9.17) is 4.52 Å². The summed E-state index contributed by atoms with van der Waals surface area (Å²) in [6.45, 7) is 6.04. The second-order valence-electron chi connectivity index (χ2n) is 4.17. The Kier molecular flexibility index (Phi) is 4.47. The van der Waals surface area contributed by atoms with Gasteiger partial charge in [-0.1, -0.05) is 43.3 Å². The Morgan fingerprint density at radius 3 is 2.61 bits per heavy atom. The Bertz CT molecular complexity index is 476. The minimum Gasteiger partial charge on any atom is -0.339 e. The molecule has 0 aliphatic rings. The second-order valence-corrected chi connectivity index (χ2v) is 4.17. The Hall–Kier alpha value is -1.68. The predicted molar refractivity (Wildman–Crippen MR) is 71.4 cm³/mol. The molecule has 1 aromatic heterocycles. The normalized spacial score (nSPS) is 10.8. The summed E-state index contributed by atoms with van der Waals surface area (Å²) < 4.78 is 5.22. The van der Waals surface area contributed by atoms with Crippen molar-refractivity contribution in [3.63, 3.8) is 0 Å². The zero-order valence-electron chi connectivity index (χ0n) is 10.9. The quantitative estimate of drug-likeness (QED) is 0.794. The lowest BCUT2D eigenvalue weighted by atomic mass is 10.1. The summed E-state index contributed by atoms with van der Waals surface area (Å²) in [5.41, 5.74) is 2.32. The van der Waals surface area contributed by atoms with Crippen LogP contribution in [0.5, 0.6) is 0 Å². The van der Waals surface area contributed by atoms with Crippen LogP contribution >= 0.6 is 0 Å². The van der Waals surface area contributed by atoms with Gasteiger partial charge in [-0.3, -0.25) is 0 Å². The molecule has 0 spiro atoms. The maximum Gasteiger partial charge on any atom is 0.228 e. The fraction of sp³-hybridized carbons (Fsp3) is 0.429. The van der Waals surface area contributed by atoms with Gasteiger partial charge in [-0.05, 0) is 18.5 Å². The molecule has 0 amide bonds. The van der Waals surface area contributed by atoms with Crippen molar-refractivity contribution in [3.8, 4) is 11.4 Å². The summed E-state index contributed by atoms with van der Waals surface area (Å²) >= 11 is 0. The van der Waals surface area contributed by atoms with Gasteiger partial charge >= 0.3 is 0 Å². The number of nitrogens with zero attached hydrogens (tertiary/aromatic N) is 2. The van der Waals surface area contributed by atoms with Gasteiger partial charge in [0.05, 0.1) is 0 Å². The number of hydrogen-bond acceptors (Lipinski definition) is 4. The summed E-state index contributed by atoms with van der Waals surface area (Å²) in [6.07, 6.45) is 1.81. The van der Waals surface area contributed by atoms with E-state index in [9.17, 15) is 0 Å². The van der Waals surface area contributed by atoms with E-state index in [1.54, 1.807) is 0 Å². The molecule has 0 fully saturated rings. The highest BCUT2D eigenvalue weighted by Gasteiger charge is 2.07. The van der Waals surface area contributed by atoms with Crippen LogP contribution in [0.2, 0.25) is 0 Å². The average Bonchev–Trinajstić information content (AvgIpc) is 2.88. The second kappa shape index (κ2) is 6.31. The summed E-state index contributed by atoms with van der Waals surface area (Å²) in [6, 6.07) is 8.28. The van der Waals surface area contributed by atoms with Crippen molar-refractivity contribution >= 4 is 0 Å². The first-order chi connectivity index (χ1) is 8.83. The molecular weight excluding hydrogens is 226 g/mol. The van der Waals surface area contributed by atoms with Crippen molar-refractivity contribution in [2.24, 2.45) is 0 Å². The molecule has 0 radical (unpaired) electrons. The number of aryl methyl sites for hydroxylation is 1. The Balaban J connectivity index is 2.04. The van der Waals surface area contributed by atoms with Crippen LogP contribution in [-0.4, -0.2) is 23.2 Å². The SMILES string of the molecule is CCNCCc1nc(-c2ccc(CC)cc2)no1. The van der Waals surface area contributed by atoms with Crippen LogP contribution in [0, 0.1) is 0 Å². The van der Waals surface area contributed by atoms with Crippen LogP contribution in [0.4, 0.5) is 0 Å². The summed E-state index contributed by atoms with van der Waals surface area (Å²) in [5, 5.41) is 7.24. The van der Waals surface area contributed by atoms with Gasteiger partial charge in [0.25, 0.3) is 0 Å². The Morgan fingerprint density at radius 1 is 1.17 bits per heavy atom. The first-order valence-electron chi connectivity index (χ1n) is 6.46. The van der Waals surface area contributed by atoms with Gasteiger partial charge in [0, 0.05) is 18.5 Å². The van der Waals surface area contributed by atoms with Gasteiger partial charge in [0.15, 0.2) is 0 Å². The first-order valence-corrected chi connectivity index (χ1v) is 6.46. The maximum atomic E-state index is 5.22. The molecule has 4 heteroatoms. The third-order valence-electron chi connectivity index (χ3n) is 2.85. The van der Waals surface area contributed by atoms with Crippen molar-refractivity contribution in [1.82, 2.24) is 15.5 Å². The molecule has 2 rings (SSSR count). The molecule has 0 bridgehead atoms. The van der Waals surface area contributed by atoms with Crippen LogP contribution in [0.25, 0.3) is 11.4 Å². The number of benzene rings is 1. The number of rotatable bonds is 6. The number of aromatic nitrogens is 2. The van der Waals surface area contributed by atoms with Gasteiger partial charge in [-0.2, -0.15) is 4.98 Å². The molecule has 18 heavy (non-hydrogen) atoms. The van der Waals surface area contributed by atoms with E-state index in [1.165, 1.54) is 5.56 Å². The minimum atomic E-state index is 0.671. The topological polar surface area (TPSA) is 51.0 Å². The van der Waals surface area contributed by atoms with Gasteiger partial charge in [0.1, 0.15) is 0 Å². The smallest absolute Gasteiger partial charge is 0.228 e. The van der Waals surface area contributed by atoms with E-state index >= 15 is 0 Å². The van der Waals surface area contributed by atoms with Crippen LogP contribution in [0.3, 0.4) is 0 Å². The van der Waals surface area contributed by atoms with E-state index in [-0.39, 0.29) is 0 Å². The van der Waals surface area contributed by atoms with Gasteiger partial charge < -0.3 is 9.84 Å². The number of hydrogen-bond donors (Lipinski definition) is 1. The Morgan fingerprint density at radius 2 is 1.94 bits per heavy atom. The molecule has 4 nitrogen and oxygen atoms in total. The summed E-state index contributed by atoms with van der Waals surface area (Å²) in [5.74, 6) is 1.36. The fourth-order valence-electron chi connectivity index (χ4n) is 1.74. The lowest BCUT2D eigenvalue weighted by Gasteiger charge is -1.97. The molecule has 0 unspecified atom stereocenters. The standard InChI is InChI=1S/C14H19N3O/c1-3-11-5-7-12(8-6-11)14-16-13(18-17-14)9-10-15-4-2/h5-8,15H,3-4,9-10H2,1-2H3. The molecule has 96 valence electrons. The summed E-state index contributed by atoms with van der Waals surface area (Å²) in [7, 11) is 0. The van der Waals surface area contributed by atoms with Crippen molar-refractivity contribution in [3.05, 3.63) is 35.7 Å². The molecule has 1 N–H and O–H groups in total. The highest BCUT2D eigenvalue weighted by molar-refractivity contribution is 5.54. The number of likely N-dealkylation sites (N-methyl/N-ethyl adjacent to an activating group) is 1. The van der Waals surface area contributed by atoms with E-state index in [1.807, 2.05) is 12.1 Å². The highest BCUT2D eigenvalue weighted by Crippen LogP contribution is 2.16. The lowest BCUT2D eigenvalue weighted by Crippen LogP contribution is -2.16. The van der Waals surface area contributed by atoms with E-state index in [0.717, 1.165) is 31.5 Å². The molecule has 2 aromatic rings. The predicted octanol–water partition coefficient (Wildman–Crippen LogP) is 2.45. The Labute approximate surface area is 107 Å². The van der Waals surface area contributed by atoms with Crippen molar-refractivity contribution < 1.29 is 4.52 Å². The molecule has 0 saturated carbocycles. The van der Waals surface area contributed by atoms with Crippen LogP contribution in [0.1, 0.15) is 25.3 Å². The monoisotopic (exact) mass is 245 g/mol. The molecular formula is C14H19N3O. The molecule has 0 aliphatic heterocycles. The van der Waals surface area contributed by atoms with Gasteiger partial charge in [-0.25, -0.2) is 0 Å². The number of nitrogens with one attached hydrogen (secondary N) is 1. The van der Waals surface area contributed by atoms with Crippen molar-refractivity contribution in [2.45, 2.75) is 26.7 Å². The zero-order valence-corrected chi connectivity index (χ0v) is 10.9. The molecule has 0 atom stereocenters. The van der Waals surface area contributed by atoms with Crippen LogP contribution in [-0.2, 0) is 12.8 Å². The molecule has 0 saturated heterocycles. The maximum absolute atomic E-state index is 5.22. The van der Waals surface area contributed by atoms with Crippen LogP contribution in [0.15, 0.2) is 28.8 Å². The third kappa shape index (κ3) is 3.17. The molecule has 1 aromatic carbocycles. The van der Waals surface area contributed by atoms with E-state index in [0.29, 0.717) is 11.7 Å². The minimum absolute atomic E-state index is 0.671. The van der Waals surface area contributed by atoms with Crippen molar-refractivity contribution in [2.75, 3.05) is 13.1 Å². The van der Waals surface area contributed by atoms with Crippen LogP contribution < -0.4 is 5.32 Å². The third-order valence-corrected chi connectivity index (χ3v) is 2.85. The average molecular weight is 245 g/mol. The van der Waals surface area contributed by atoms with Gasteiger partial charge in [-0.15, -0.1) is 0 Å². The van der Waals surface area contributed by atoms with E-state index in [2.05, 4.69) is 41.4 Å². The van der Waals surface area contributed by atoms with Crippen molar-refractivity contribution in [1.29, 1.82) is 0 Å². The largest absolute Gasteiger partial charge is 0.339 e. The lowest BCUT2D eigenvalue weighted by molar-refractivity contribution is 0.377. The van der Waals surface area contributed by atoms with E-state index < -0.39 is 0 Å². The molecule has 1 heterocycles. The van der Waals surface area contributed by atoms with Gasteiger partial charge in [0.2, 0.25) is 11.7 Å². The highest BCUT2D eigenvalue weighted by atomic mass is 16.5. The fourth-order valence-corrected chi connectivity index (χ4v) is 1.74. The summed E-state index contributed by atoms with van der Waals surface area (Å²) in [4.78, 5) is 4.39. The first kappa shape index (κ1) is 12.8. The zero-order chi connectivity index (χ0) is 12.8. The molecule has 0 aliphatic carbocycles.